The Balaban J connectivity index is 2.70. The van der Waals surface area contributed by atoms with E-state index in [1.165, 1.54) is 12.1 Å². The first-order valence-electron chi connectivity index (χ1n) is 3.16. The summed E-state index contributed by atoms with van der Waals surface area (Å²) in [4.78, 5) is 3.80. The van der Waals surface area contributed by atoms with E-state index in [-0.39, 0.29) is 0 Å². The van der Waals surface area contributed by atoms with E-state index in [1.54, 1.807) is 10.6 Å². The minimum Gasteiger partial charge on any atom is -0.303 e. The van der Waals surface area contributed by atoms with Crippen molar-refractivity contribution in [3.63, 3.8) is 0 Å². The maximum absolute atomic E-state index is 4.05. The molecule has 0 saturated carbocycles. The van der Waals surface area contributed by atoms with Gasteiger partial charge in [0.15, 0.2) is 5.82 Å². The molecular weight excluding hydrogens is 160 g/mol. The smallest absolute Gasteiger partial charge is 0.179 e. The molecule has 11 heavy (non-hydrogen) atoms. The number of hydrogen-bond donors (Lipinski definition) is 0. The molecule has 4 nitrogen and oxygen atoms in total. The van der Waals surface area contributed by atoms with Crippen molar-refractivity contribution in [2.45, 2.75) is 6.92 Å². The zero-order valence-electron chi connectivity index (χ0n) is 6.56. The number of hydrogen-bond acceptors (Lipinski definition) is 5. The molecule has 0 unspecified atom stereocenters. The van der Waals surface area contributed by atoms with E-state index >= 15 is 0 Å². The van der Waals surface area contributed by atoms with Crippen LogP contribution in [0.3, 0.4) is 0 Å². The minimum atomic E-state index is 0.760. The van der Waals surface area contributed by atoms with Crippen LogP contribution in [0, 0.1) is 0 Å². The van der Waals surface area contributed by atoms with Crippen molar-refractivity contribution in [3.05, 3.63) is 12.0 Å². The predicted molar refractivity (Wildman–Crippen MR) is 49.0 cm³/mol. The van der Waals surface area contributed by atoms with Gasteiger partial charge in [0, 0.05) is 13.3 Å². The van der Waals surface area contributed by atoms with Crippen molar-refractivity contribution < 1.29 is 0 Å². The third-order valence-electron chi connectivity index (χ3n) is 1.08. The average molecular weight is 170 g/mol. The highest BCUT2D eigenvalue weighted by molar-refractivity contribution is 7.95. The van der Waals surface area contributed by atoms with Gasteiger partial charge >= 0.3 is 0 Å². The highest BCUT2D eigenvalue weighted by Gasteiger charge is 2.17. The zero-order valence-corrected chi connectivity index (χ0v) is 7.38. The maximum atomic E-state index is 4.05. The lowest BCUT2D eigenvalue weighted by Crippen LogP contribution is -2.03. The molecule has 1 rings (SSSR count). The summed E-state index contributed by atoms with van der Waals surface area (Å²) in [6, 6.07) is 0. The van der Waals surface area contributed by atoms with Crippen LogP contribution < -0.4 is 0 Å². The Hall–Kier alpha value is -0.970. The summed E-state index contributed by atoms with van der Waals surface area (Å²) in [5, 5.41) is 4.05. The molecule has 0 fully saturated rings. The van der Waals surface area contributed by atoms with E-state index in [4.69, 9.17) is 0 Å². The summed E-state index contributed by atoms with van der Waals surface area (Å²) >= 11 is 1.47. The Kier molecular flexibility index (Phi) is 2.53. The molecule has 0 spiro atoms. The molecule has 0 N–H and O–H groups in total. The van der Waals surface area contributed by atoms with Crippen LogP contribution in [-0.2, 0) is 0 Å². The van der Waals surface area contributed by atoms with Crippen molar-refractivity contribution >= 4 is 25.1 Å². The van der Waals surface area contributed by atoms with Gasteiger partial charge in [0.2, 0.25) is 0 Å². The van der Waals surface area contributed by atoms with Crippen molar-refractivity contribution in [2.24, 2.45) is 10.1 Å². The molecule has 0 aromatic heterocycles. The standard InChI is InChI=1S/C6H10N4S/c1-4-8-10-6(7-2)5-9(3)11-10/h4-5H,2H2,1,3H3/b8-4-. The molecule has 0 amide bonds. The summed E-state index contributed by atoms with van der Waals surface area (Å²) in [6.45, 7) is 5.30. The van der Waals surface area contributed by atoms with Crippen LogP contribution in [0.1, 0.15) is 6.92 Å². The second kappa shape index (κ2) is 3.43. The molecule has 0 aliphatic carbocycles. The summed E-state index contributed by atoms with van der Waals surface area (Å²) < 4.78 is 3.62. The van der Waals surface area contributed by atoms with Gasteiger partial charge in [-0.2, -0.15) is 9.52 Å². The van der Waals surface area contributed by atoms with E-state index in [1.807, 2.05) is 24.5 Å². The molecule has 1 heterocycles. The lowest BCUT2D eigenvalue weighted by Gasteiger charge is -2.10. The van der Waals surface area contributed by atoms with Crippen LogP contribution in [0.15, 0.2) is 22.1 Å². The van der Waals surface area contributed by atoms with Gasteiger partial charge in [-0.1, -0.05) is 0 Å². The van der Waals surface area contributed by atoms with Crippen LogP contribution in [0.4, 0.5) is 0 Å². The van der Waals surface area contributed by atoms with E-state index in [9.17, 15) is 0 Å². The molecule has 0 bridgehead atoms. The summed E-state index contributed by atoms with van der Waals surface area (Å²) in [6.07, 6.45) is 3.58. The van der Waals surface area contributed by atoms with Crippen LogP contribution >= 0.6 is 12.1 Å². The van der Waals surface area contributed by atoms with Crippen LogP contribution in [0.5, 0.6) is 0 Å². The van der Waals surface area contributed by atoms with Gasteiger partial charge in [0.05, 0.1) is 18.3 Å². The van der Waals surface area contributed by atoms with Gasteiger partial charge in [-0.25, -0.2) is 4.99 Å². The summed E-state index contributed by atoms with van der Waals surface area (Å²) in [7, 11) is 1.93. The van der Waals surface area contributed by atoms with E-state index in [0.717, 1.165) is 5.82 Å². The van der Waals surface area contributed by atoms with Crippen LogP contribution in [0.2, 0.25) is 0 Å². The fourth-order valence-corrected chi connectivity index (χ4v) is 1.40. The van der Waals surface area contributed by atoms with E-state index in [2.05, 4.69) is 16.8 Å². The highest BCUT2D eigenvalue weighted by Crippen LogP contribution is 2.28. The Morgan fingerprint density at radius 2 is 2.45 bits per heavy atom. The minimum absolute atomic E-state index is 0.760. The van der Waals surface area contributed by atoms with Crippen molar-refractivity contribution in [3.8, 4) is 0 Å². The first kappa shape index (κ1) is 8.13. The first-order valence-corrected chi connectivity index (χ1v) is 3.89. The molecule has 1 aliphatic rings. The molecule has 5 heteroatoms. The largest absolute Gasteiger partial charge is 0.303 e. The number of aliphatic imine (C=N–C) groups is 1. The molecule has 0 aromatic rings. The number of rotatable bonds is 2. The summed E-state index contributed by atoms with van der Waals surface area (Å²) in [5.41, 5.74) is 0. The molecule has 0 aromatic carbocycles. The van der Waals surface area contributed by atoms with Gasteiger partial charge in [0.25, 0.3) is 0 Å². The fourth-order valence-electron chi connectivity index (χ4n) is 0.686. The Morgan fingerprint density at radius 3 is 3.00 bits per heavy atom. The normalized spacial score (nSPS) is 17.8. The second-order valence-electron chi connectivity index (χ2n) is 1.92. The quantitative estimate of drug-likeness (QED) is 0.462. The SMILES string of the molecule is C=NC1=CN(C)SN1/N=C\C. The lowest BCUT2D eigenvalue weighted by atomic mass is 10.7. The van der Waals surface area contributed by atoms with Crippen molar-refractivity contribution in [2.75, 3.05) is 7.05 Å². The van der Waals surface area contributed by atoms with Crippen LogP contribution in [-0.4, -0.2) is 28.7 Å². The van der Waals surface area contributed by atoms with Gasteiger partial charge in [-0.05, 0) is 13.6 Å². The average Bonchev–Trinajstić information content (AvgIpc) is 2.32. The van der Waals surface area contributed by atoms with Crippen molar-refractivity contribution in [1.29, 1.82) is 0 Å². The molecular formula is C6H10N4S. The second-order valence-corrected chi connectivity index (χ2v) is 3.00. The summed E-state index contributed by atoms with van der Waals surface area (Å²) in [5.74, 6) is 0.760. The monoisotopic (exact) mass is 170 g/mol. The van der Waals surface area contributed by atoms with Gasteiger partial charge in [-0.3, -0.25) is 0 Å². The molecule has 0 saturated heterocycles. The third-order valence-corrected chi connectivity index (χ3v) is 1.88. The Morgan fingerprint density at radius 1 is 1.73 bits per heavy atom. The third kappa shape index (κ3) is 1.74. The predicted octanol–water partition coefficient (Wildman–Crippen LogP) is 1.30. The molecule has 0 radical (unpaired) electrons. The van der Waals surface area contributed by atoms with Gasteiger partial charge in [-0.15, -0.1) is 0 Å². The van der Waals surface area contributed by atoms with E-state index in [0.29, 0.717) is 0 Å². The molecule has 60 valence electrons. The Labute approximate surface area is 70.5 Å². The van der Waals surface area contributed by atoms with Crippen molar-refractivity contribution in [1.82, 2.24) is 8.72 Å². The first-order chi connectivity index (χ1) is 5.27. The fraction of sp³-hybridized carbons (Fsp3) is 0.333. The Bertz CT molecular complexity index is 211. The highest BCUT2D eigenvalue weighted by atomic mass is 32.2. The maximum Gasteiger partial charge on any atom is 0.179 e. The van der Waals surface area contributed by atoms with Crippen LogP contribution in [0.25, 0.3) is 0 Å². The molecule has 0 atom stereocenters. The number of hydrazone groups is 1. The topological polar surface area (TPSA) is 31.2 Å². The van der Waals surface area contributed by atoms with Gasteiger partial charge in [0.1, 0.15) is 0 Å². The lowest BCUT2D eigenvalue weighted by molar-refractivity contribution is 0.625. The number of nitrogens with zero attached hydrogens (tertiary/aromatic N) is 4. The van der Waals surface area contributed by atoms with Gasteiger partial charge < -0.3 is 4.31 Å². The zero-order chi connectivity index (χ0) is 8.27. The molecule has 1 aliphatic heterocycles. The van der Waals surface area contributed by atoms with E-state index < -0.39 is 0 Å².